The Kier molecular flexibility index (Phi) is 4.61. The molecule has 1 aromatic carbocycles. The first-order chi connectivity index (χ1) is 8.78. The van der Waals surface area contributed by atoms with E-state index in [0.29, 0.717) is 6.61 Å². The summed E-state index contributed by atoms with van der Waals surface area (Å²) in [6, 6.07) is 8.42. The second-order valence-electron chi connectivity index (χ2n) is 4.90. The maximum absolute atomic E-state index is 5.56. The van der Waals surface area contributed by atoms with Gasteiger partial charge >= 0.3 is 0 Å². The zero-order chi connectivity index (χ0) is 12.8. The van der Waals surface area contributed by atoms with Crippen molar-refractivity contribution >= 4 is 0 Å². The van der Waals surface area contributed by atoms with Crippen molar-refractivity contribution in [2.45, 2.75) is 31.7 Å². The minimum Gasteiger partial charge on any atom is -0.494 e. The lowest BCUT2D eigenvalue weighted by Gasteiger charge is -2.37. The van der Waals surface area contributed by atoms with Gasteiger partial charge in [-0.05, 0) is 50.9 Å². The Morgan fingerprint density at radius 3 is 2.78 bits per heavy atom. The molecule has 0 amide bonds. The van der Waals surface area contributed by atoms with Crippen LogP contribution in [0, 0.1) is 0 Å². The van der Waals surface area contributed by atoms with Gasteiger partial charge in [0.05, 0.1) is 6.61 Å². The van der Waals surface area contributed by atoms with E-state index in [1.54, 1.807) is 0 Å². The van der Waals surface area contributed by atoms with Crippen molar-refractivity contribution in [3.8, 4) is 5.75 Å². The van der Waals surface area contributed by atoms with Crippen molar-refractivity contribution in [2.75, 3.05) is 26.9 Å². The predicted molar refractivity (Wildman–Crippen MR) is 73.2 cm³/mol. The van der Waals surface area contributed by atoms with Gasteiger partial charge in [-0.15, -0.1) is 0 Å². The Morgan fingerprint density at radius 1 is 1.33 bits per heavy atom. The van der Waals surface area contributed by atoms with Crippen LogP contribution in [0.15, 0.2) is 24.3 Å². The Labute approximate surface area is 109 Å². The highest BCUT2D eigenvalue weighted by Crippen LogP contribution is 2.26. The molecule has 2 rings (SSSR count). The van der Waals surface area contributed by atoms with E-state index in [1.807, 2.05) is 13.0 Å². The first kappa shape index (κ1) is 13.4. The van der Waals surface area contributed by atoms with Gasteiger partial charge in [-0.2, -0.15) is 0 Å². The fourth-order valence-corrected chi connectivity index (χ4v) is 2.58. The largest absolute Gasteiger partial charge is 0.494 e. The monoisotopic (exact) mass is 249 g/mol. The van der Waals surface area contributed by atoms with E-state index in [-0.39, 0.29) is 5.54 Å². The number of hydrogen-bond acceptors (Lipinski definition) is 3. The first-order valence-electron chi connectivity index (χ1n) is 6.76. The molecule has 3 nitrogen and oxygen atoms in total. The van der Waals surface area contributed by atoms with Gasteiger partial charge in [0.25, 0.3) is 0 Å². The second kappa shape index (κ2) is 6.21. The molecule has 1 aliphatic rings. The number of ether oxygens (including phenoxy) is 2. The summed E-state index contributed by atoms with van der Waals surface area (Å²) in [7, 11) is 2.05. The van der Waals surface area contributed by atoms with E-state index in [1.165, 1.54) is 5.56 Å². The lowest BCUT2D eigenvalue weighted by Crippen LogP contribution is -2.49. The van der Waals surface area contributed by atoms with Gasteiger partial charge in [-0.25, -0.2) is 0 Å². The molecule has 1 fully saturated rings. The molecule has 0 atom stereocenters. The van der Waals surface area contributed by atoms with Gasteiger partial charge in [0, 0.05) is 18.8 Å². The molecule has 0 radical (unpaired) electrons. The fourth-order valence-electron chi connectivity index (χ4n) is 2.58. The number of nitrogens with one attached hydrogen (secondary N) is 1. The maximum atomic E-state index is 5.56. The average Bonchev–Trinajstić information content (AvgIpc) is 2.41. The van der Waals surface area contributed by atoms with Crippen LogP contribution in [-0.2, 0) is 11.2 Å². The molecule has 18 heavy (non-hydrogen) atoms. The van der Waals surface area contributed by atoms with Crippen molar-refractivity contribution in [2.24, 2.45) is 0 Å². The standard InChI is InChI=1S/C15H23NO2/c1-3-18-14-6-4-5-13(11-14)12-15(16-2)7-9-17-10-8-15/h4-6,11,16H,3,7-10,12H2,1-2H3. The van der Waals surface area contributed by atoms with Crippen molar-refractivity contribution in [3.05, 3.63) is 29.8 Å². The molecule has 1 heterocycles. The van der Waals surface area contributed by atoms with Gasteiger partial charge in [-0.3, -0.25) is 0 Å². The fraction of sp³-hybridized carbons (Fsp3) is 0.600. The number of hydrogen-bond donors (Lipinski definition) is 1. The molecular formula is C15H23NO2. The van der Waals surface area contributed by atoms with Crippen molar-refractivity contribution in [1.29, 1.82) is 0 Å². The summed E-state index contributed by atoms with van der Waals surface area (Å²) in [6.45, 7) is 4.44. The van der Waals surface area contributed by atoms with Crippen LogP contribution in [-0.4, -0.2) is 32.4 Å². The third-order valence-corrected chi connectivity index (χ3v) is 3.73. The van der Waals surface area contributed by atoms with Gasteiger partial charge in [0.1, 0.15) is 5.75 Å². The quantitative estimate of drug-likeness (QED) is 0.869. The number of rotatable bonds is 5. The molecule has 3 heteroatoms. The Morgan fingerprint density at radius 2 is 2.11 bits per heavy atom. The summed E-state index contributed by atoms with van der Waals surface area (Å²) >= 11 is 0. The summed E-state index contributed by atoms with van der Waals surface area (Å²) in [5.74, 6) is 0.966. The summed E-state index contributed by atoms with van der Waals surface area (Å²) in [6.07, 6.45) is 3.18. The zero-order valence-corrected chi connectivity index (χ0v) is 11.4. The van der Waals surface area contributed by atoms with Gasteiger partial charge in [-0.1, -0.05) is 12.1 Å². The SMILES string of the molecule is CCOc1cccc(CC2(NC)CCOCC2)c1. The summed E-state index contributed by atoms with van der Waals surface area (Å²) in [5, 5.41) is 3.50. The lowest BCUT2D eigenvalue weighted by molar-refractivity contribution is 0.0413. The summed E-state index contributed by atoms with van der Waals surface area (Å²) in [4.78, 5) is 0. The predicted octanol–water partition coefficient (Wildman–Crippen LogP) is 2.40. The molecule has 0 bridgehead atoms. The highest BCUT2D eigenvalue weighted by atomic mass is 16.5. The molecule has 1 aromatic rings. The van der Waals surface area contributed by atoms with Crippen molar-refractivity contribution < 1.29 is 9.47 Å². The Balaban J connectivity index is 2.08. The van der Waals surface area contributed by atoms with Gasteiger partial charge in [0.2, 0.25) is 0 Å². The molecule has 0 unspecified atom stereocenters. The van der Waals surface area contributed by atoms with Crippen LogP contribution in [0.4, 0.5) is 0 Å². The number of likely N-dealkylation sites (N-methyl/N-ethyl adjacent to an activating group) is 1. The molecule has 0 aromatic heterocycles. The van der Waals surface area contributed by atoms with Crippen LogP contribution in [0.3, 0.4) is 0 Å². The van der Waals surface area contributed by atoms with Crippen molar-refractivity contribution in [3.63, 3.8) is 0 Å². The minimum absolute atomic E-state index is 0.184. The third-order valence-electron chi connectivity index (χ3n) is 3.73. The molecular weight excluding hydrogens is 226 g/mol. The van der Waals surface area contributed by atoms with Crippen LogP contribution in [0.25, 0.3) is 0 Å². The van der Waals surface area contributed by atoms with E-state index < -0.39 is 0 Å². The maximum Gasteiger partial charge on any atom is 0.119 e. The van der Waals surface area contributed by atoms with Crippen molar-refractivity contribution in [1.82, 2.24) is 5.32 Å². The average molecular weight is 249 g/mol. The number of benzene rings is 1. The van der Waals surface area contributed by atoms with E-state index in [0.717, 1.165) is 38.2 Å². The molecule has 0 aliphatic carbocycles. The minimum atomic E-state index is 0.184. The summed E-state index contributed by atoms with van der Waals surface area (Å²) in [5.41, 5.74) is 1.51. The van der Waals surface area contributed by atoms with E-state index >= 15 is 0 Å². The molecule has 1 N–H and O–H groups in total. The van der Waals surface area contributed by atoms with Crippen LogP contribution < -0.4 is 10.1 Å². The molecule has 0 saturated carbocycles. The van der Waals surface area contributed by atoms with Crippen LogP contribution in [0.1, 0.15) is 25.3 Å². The highest BCUT2D eigenvalue weighted by Gasteiger charge is 2.30. The third kappa shape index (κ3) is 3.24. The molecule has 100 valence electrons. The van der Waals surface area contributed by atoms with E-state index in [2.05, 4.69) is 30.6 Å². The lowest BCUT2D eigenvalue weighted by atomic mass is 9.84. The molecule has 1 saturated heterocycles. The Hall–Kier alpha value is -1.06. The molecule has 1 aliphatic heterocycles. The zero-order valence-electron chi connectivity index (χ0n) is 11.4. The van der Waals surface area contributed by atoms with E-state index in [4.69, 9.17) is 9.47 Å². The first-order valence-corrected chi connectivity index (χ1v) is 6.76. The Bertz CT molecular complexity index is 373. The van der Waals surface area contributed by atoms with Gasteiger partial charge < -0.3 is 14.8 Å². The summed E-state index contributed by atoms with van der Waals surface area (Å²) < 4.78 is 11.0. The van der Waals surface area contributed by atoms with Crippen LogP contribution in [0.2, 0.25) is 0 Å². The second-order valence-corrected chi connectivity index (χ2v) is 4.90. The highest BCUT2D eigenvalue weighted by molar-refractivity contribution is 5.30. The van der Waals surface area contributed by atoms with Gasteiger partial charge in [0.15, 0.2) is 0 Å². The van der Waals surface area contributed by atoms with E-state index in [9.17, 15) is 0 Å². The normalized spacial score (nSPS) is 18.6. The smallest absolute Gasteiger partial charge is 0.119 e. The molecule has 0 spiro atoms. The topological polar surface area (TPSA) is 30.5 Å². The van der Waals surface area contributed by atoms with Crippen LogP contribution in [0.5, 0.6) is 5.75 Å². The van der Waals surface area contributed by atoms with Crippen LogP contribution >= 0.6 is 0 Å².